The van der Waals surface area contributed by atoms with Crippen molar-refractivity contribution in [1.29, 1.82) is 0 Å². The van der Waals surface area contributed by atoms with Gasteiger partial charge in [-0.2, -0.15) is 0 Å². The second-order valence-electron chi connectivity index (χ2n) is 3.85. The number of rotatable bonds is 5. The standard InChI is InChI=1S/C11H20N4/c1-5-6-9-14-10(12-4)7-11(15-9)13-8(2)3/h7-8H,5-6H2,1-4H3,(H2,12,13,14,15). The lowest BCUT2D eigenvalue weighted by molar-refractivity contribution is 0.824. The maximum Gasteiger partial charge on any atom is 0.133 e. The van der Waals surface area contributed by atoms with E-state index in [2.05, 4.69) is 41.4 Å². The summed E-state index contributed by atoms with van der Waals surface area (Å²) in [6.45, 7) is 6.33. The van der Waals surface area contributed by atoms with Crippen LogP contribution in [0.2, 0.25) is 0 Å². The molecule has 0 atom stereocenters. The smallest absolute Gasteiger partial charge is 0.133 e. The van der Waals surface area contributed by atoms with Gasteiger partial charge in [-0.25, -0.2) is 9.97 Å². The lowest BCUT2D eigenvalue weighted by Crippen LogP contribution is -2.13. The molecular formula is C11H20N4. The van der Waals surface area contributed by atoms with E-state index in [4.69, 9.17) is 0 Å². The summed E-state index contributed by atoms with van der Waals surface area (Å²) in [5, 5.41) is 6.34. The fraction of sp³-hybridized carbons (Fsp3) is 0.636. The summed E-state index contributed by atoms with van der Waals surface area (Å²) >= 11 is 0. The summed E-state index contributed by atoms with van der Waals surface area (Å²) in [5.41, 5.74) is 0. The highest BCUT2D eigenvalue weighted by molar-refractivity contribution is 5.47. The lowest BCUT2D eigenvalue weighted by Gasteiger charge is -2.11. The van der Waals surface area contributed by atoms with Gasteiger partial charge in [-0.3, -0.25) is 0 Å². The molecule has 1 aromatic rings. The van der Waals surface area contributed by atoms with Gasteiger partial charge in [0.15, 0.2) is 0 Å². The Labute approximate surface area is 91.5 Å². The van der Waals surface area contributed by atoms with Crippen molar-refractivity contribution in [2.45, 2.75) is 39.7 Å². The van der Waals surface area contributed by atoms with E-state index < -0.39 is 0 Å². The molecule has 0 aromatic carbocycles. The van der Waals surface area contributed by atoms with E-state index in [9.17, 15) is 0 Å². The van der Waals surface area contributed by atoms with E-state index >= 15 is 0 Å². The normalized spacial score (nSPS) is 10.5. The molecule has 0 bridgehead atoms. The number of hydrogen-bond donors (Lipinski definition) is 2. The van der Waals surface area contributed by atoms with Crippen LogP contribution in [0.5, 0.6) is 0 Å². The van der Waals surface area contributed by atoms with Crippen LogP contribution in [0, 0.1) is 0 Å². The van der Waals surface area contributed by atoms with Gasteiger partial charge < -0.3 is 10.6 Å². The highest BCUT2D eigenvalue weighted by Gasteiger charge is 2.03. The Kier molecular flexibility index (Phi) is 4.34. The summed E-state index contributed by atoms with van der Waals surface area (Å²) < 4.78 is 0. The topological polar surface area (TPSA) is 49.8 Å². The molecule has 15 heavy (non-hydrogen) atoms. The molecule has 0 saturated carbocycles. The van der Waals surface area contributed by atoms with Crippen molar-refractivity contribution in [1.82, 2.24) is 9.97 Å². The number of anilines is 2. The van der Waals surface area contributed by atoms with Crippen LogP contribution in [0.25, 0.3) is 0 Å². The van der Waals surface area contributed by atoms with Crippen LogP contribution in [0.4, 0.5) is 11.6 Å². The molecule has 0 aliphatic carbocycles. The van der Waals surface area contributed by atoms with Crippen molar-refractivity contribution in [2.24, 2.45) is 0 Å². The molecule has 2 N–H and O–H groups in total. The second kappa shape index (κ2) is 5.53. The van der Waals surface area contributed by atoms with Crippen LogP contribution in [0.3, 0.4) is 0 Å². The lowest BCUT2D eigenvalue weighted by atomic mass is 10.3. The Morgan fingerprint density at radius 1 is 1.27 bits per heavy atom. The maximum atomic E-state index is 4.45. The van der Waals surface area contributed by atoms with Crippen LogP contribution >= 0.6 is 0 Å². The summed E-state index contributed by atoms with van der Waals surface area (Å²) in [4.78, 5) is 8.84. The number of aryl methyl sites for hydroxylation is 1. The van der Waals surface area contributed by atoms with Gasteiger partial charge in [0.25, 0.3) is 0 Å². The van der Waals surface area contributed by atoms with Gasteiger partial charge in [-0.1, -0.05) is 6.92 Å². The average molecular weight is 208 g/mol. The molecule has 0 amide bonds. The van der Waals surface area contributed by atoms with Gasteiger partial charge in [0.2, 0.25) is 0 Å². The second-order valence-corrected chi connectivity index (χ2v) is 3.85. The number of nitrogens with one attached hydrogen (secondary N) is 2. The van der Waals surface area contributed by atoms with E-state index in [0.717, 1.165) is 30.3 Å². The van der Waals surface area contributed by atoms with Crippen molar-refractivity contribution in [2.75, 3.05) is 17.7 Å². The number of nitrogens with zero attached hydrogens (tertiary/aromatic N) is 2. The third kappa shape index (κ3) is 3.73. The molecule has 4 heteroatoms. The van der Waals surface area contributed by atoms with Crippen LogP contribution < -0.4 is 10.6 Å². The first-order valence-corrected chi connectivity index (χ1v) is 5.48. The number of hydrogen-bond acceptors (Lipinski definition) is 4. The van der Waals surface area contributed by atoms with Gasteiger partial charge >= 0.3 is 0 Å². The minimum atomic E-state index is 0.388. The quantitative estimate of drug-likeness (QED) is 0.779. The van der Waals surface area contributed by atoms with Gasteiger partial charge in [-0.15, -0.1) is 0 Å². The van der Waals surface area contributed by atoms with E-state index in [1.807, 2.05) is 13.1 Å². The Morgan fingerprint density at radius 2 is 1.93 bits per heavy atom. The molecule has 1 aromatic heterocycles. The van der Waals surface area contributed by atoms with Crippen molar-refractivity contribution >= 4 is 11.6 Å². The van der Waals surface area contributed by atoms with Gasteiger partial charge in [-0.05, 0) is 20.3 Å². The SMILES string of the molecule is CCCc1nc(NC)cc(NC(C)C)n1. The van der Waals surface area contributed by atoms with E-state index in [1.165, 1.54) is 0 Å². The van der Waals surface area contributed by atoms with Crippen molar-refractivity contribution in [3.05, 3.63) is 11.9 Å². The monoisotopic (exact) mass is 208 g/mol. The molecule has 1 heterocycles. The van der Waals surface area contributed by atoms with Crippen LogP contribution in [-0.4, -0.2) is 23.1 Å². The predicted octanol–water partition coefficient (Wildman–Crippen LogP) is 2.29. The molecule has 0 saturated heterocycles. The molecule has 4 nitrogen and oxygen atoms in total. The zero-order chi connectivity index (χ0) is 11.3. The third-order valence-electron chi connectivity index (χ3n) is 1.94. The molecule has 0 unspecified atom stereocenters. The Bertz CT molecular complexity index is 309. The van der Waals surface area contributed by atoms with Crippen LogP contribution in [0.1, 0.15) is 33.0 Å². The summed E-state index contributed by atoms with van der Waals surface area (Å²) in [6, 6.07) is 2.32. The van der Waals surface area contributed by atoms with E-state index in [0.29, 0.717) is 6.04 Å². The molecule has 0 spiro atoms. The number of aromatic nitrogens is 2. The first-order valence-electron chi connectivity index (χ1n) is 5.48. The van der Waals surface area contributed by atoms with E-state index in [-0.39, 0.29) is 0 Å². The zero-order valence-electron chi connectivity index (χ0n) is 9.96. The molecule has 0 aliphatic rings. The molecule has 0 radical (unpaired) electrons. The first-order chi connectivity index (χ1) is 7.15. The van der Waals surface area contributed by atoms with Gasteiger partial charge in [0, 0.05) is 25.6 Å². The Balaban J connectivity index is 2.89. The molecular weight excluding hydrogens is 188 g/mol. The minimum absolute atomic E-state index is 0.388. The first kappa shape index (κ1) is 11.8. The minimum Gasteiger partial charge on any atom is -0.373 e. The Morgan fingerprint density at radius 3 is 2.47 bits per heavy atom. The van der Waals surface area contributed by atoms with Crippen molar-refractivity contribution < 1.29 is 0 Å². The third-order valence-corrected chi connectivity index (χ3v) is 1.94. The molecule has 84 valence electrons. The largest absolute Gasteiger partial charge is 0.373 e. The highest BCUT2D eigenvalue weighted by Crippen LogP contribution is 2.12. The molecule has 0 fully saturated rings. The van der Waals surface area contributed by atoms with Crippen LogP contribution in [-0.2, 0) is 6.42 Å². The molecule has 0 aliphatic heterocycles. The summed E-state index contributed by atoms with van der Waals surface area (Å²) in [5.74, 6) is 2.66. The van der Waals surface area contributed by atoms with Gasteiger partial charge in [0.1, 0.15) is 17.5 Å². The fourth-order valence-corrected chi connectivity index (χ4v) is 1.33. The molecule has 1 rings (SSSR count). The van der Waals surface area contributed by atoms with Crippen molar-refractivity contribution in [3.8, 4) is 0 Å². The van der Waals surface area contributed by atoms with Crippen LogP contribution in [0.15, 0.2) is 6.07 Å². The van der Waals surface area contributed by atoms with Crippen molar-refractivity contribution in [3.63, 3.8) is 0 Å². The zero-order valence-corrected chi connectivity index (χ0v) is 9.96. The van der Waals surface area contributed by atoms with Gasteiger partial charge in [0.05, 0.1) is 0 Å². The fourth-order valence-electron chi connectivity index (χ4n) is 1.33. The average Bonchev–Trinajstić information content (AvgIpc) is 2.16. The highest BCUT2D eigenvalue weighted by atomic mass is 15.1. The summed E-state index contributed by atoms with van der Waals surface area (Å²) in [6.07, 6.45) is 1.98. The predicted molar refractivity (Wildman–Crippen MR) is 64.3 cm³/mol. The maximum absolute atomic E-state index is 4.45. The summed E-state index contributed by atoms with van der Waals surface area (Å²) in [7, 11) is 1.87. The van der Waals surface area contributed by atoms with E-state index in [1.54, 1.807) is 0 Å². The Hall–Kier alpha value is -1.32.